The maximum Gasteiger partial charge on any atom is 0.416 e. The van der Waals surface area contributed by atoms with E-state index in [0.29, 0.717) is 40.5 Å². The molecular formula is C30H29F3N2O6. The number of benzene rings is 3. The van der Waals surface area contributed by atoms with Crippen molar-refractivity contribution >= 4 is 23.0 Å². The van der Waals surface area contributed by atoms with E-state index in [9.17, 15) is 18.0 Å². The fourth-order valence-electron chi connectivity index (χ4n) is 3.59. The molecule has 0 N–H and O–H groups in total. The number of hydrogen-bond donors (Lipinski definition) is 0. The molecule has 0 aromatic heterocycles. The van der Waals surface area contributed by atoms with Gasteiger partial charge in [0, 0.05) is 11.1 Å². The second-order valence-electron chi connectivity index (χ2n) is 8.37. The van der Waals surface area contributed by atoms with Crippen LogP contribution in [0.1, 0.15) is 36.1 Å². The Bertz CT molecular complexity index is 1400. The number of carbonyl (C=O) groups excluding carboxylic acids is 1. The topological polar surface area (TPSA) is 87.9 Å². The summed E-state index contributed by atoms with van der Waals surface area (Å²) >= 11 is 0. The summed E-state index contributed by atoms with van der Waals surface area (Å²) in [4.78, 5) is 23.1. The van der Waals surface area contributed by atoms with Crippen LogP contribution in [-0.2, 0) is 36.7 Å². The van der Waals surface area contributed by atoms with E-state index in [2.05, 4.69) is 10.3 Å². The highest BCUT2D eigenvalue weighted by atomic mass is 19.4. The summed E-state index contributed by atoms with van der Waals surface area (Å²) in [6.07, 6.45) is -3.12. The molecule has 0 spiro atoms. The second kappa shape index (κ2) is 14.5. The molecule has 41 heavy (non-hydrogen) atoms. The van der Waals surface area contributed by atoms with Gasteiger partial charge in [0.05, 0.1) is 26.0 Å². The summed E-state index contributed by atoms with van der Waals surface area (Å²) in [5.74, 6) is 0.115. The lowest BCUT2D eigenvalue weighted by molar-refractivity contribution is -0.137. The van der Waals surface area contributed by atoms with Gasteiger partial charge >= 0.3 is 12.1 Å². The molecule has 0 bridgehead atoms. The molecule has 0 fully saturated rings. The van der Waals surface area contributed by atoms with Gasteiger partial charge in [0.15, 0.2) is 0 Å². The van der Waals surface area contributed by atoms with Gasteiger partial charge in [-0.1, -0.05) is 34.6 Å². The highest BCUT2D eigenvalue weighted by Gasteiger charge is 2.30. The average molecular weight is 571 g/mol. The number of rotatable bonds is 12. The van der Waals surface area contributed by atoms with Crippen LogP contribution in [0.15, 0.2) is 89.4 Å². The first-order valence-electron chi connectivity index (χ1n) is 12.4. The number of oxime groups is 2. The summed E-state index contributed by atoms with van der Waals surface area (Å²) in [5, 5.41) is 8.36. The van der Waals surface area contributed by atoms with Crippen LogP contribution in [0.3, 0.4) is 0 Å². The van der Waals surface area contributed by atoms with Gasteiger partial charge in [-0.05, 0) is 67.9 Å². The van der Waals surface area contributed by atoms with Gasteiger partial charge in [0.1, 0.15) is 41.7 Å². The quantitative estimate of drug-likeness (QED) is 0.0767. The summed E-state index contributed by atoms with van der Waals surface area (Å²) in [5.41, 5.74) is 2.16. The molecule has 8 nitrogen and oxygen atoms in total. The summed E-state index contributed by atoms with van der Waals surface area (Å²) in [6.45, 7) is 3.84. The fraction of sp³-hybridized carbons (Fsp3) is 0.233. The summed E-state index contributed by atoms with van der Waals surface area (Å²) in [6, 6.07) is 18.3. The van der Waals surface area contributed by atoms with Crippen molar-refractivity contribution in [2.24, 2.45) is 10.3 Å². The summed E-state index contributed by atoms with van der Waals surface area (Å²) < 4.78 is 54.0. The molecule has 3 aromatic carbocycles. The largest absolute Gasteiger partial charge is 0.503 e. The average Bonchev–Trinajstić information content (AvgIpc) is 2.96. The maximum atomic E-state index is 12.8. The summed E-state index contributed by atoms with van der Waals surface area (Å²) in [7, 11) is 2.72. The lowest BCUT2D eigenvalue weighted by Gasteiger charge is -2.12. The van der Waals surface area contributed by atoms with Crippen LogP contribution in [0.4, 0.5) is 13.2 Å². The molecule has 3 rings (SSSR count). The Morgan fingerprint density at radius 1 is 0.878 bits per heavy atom. The molecule has 0 radical (unpaired) electrons. The maximum absolute atomic E-state index is 12.8. The van der Waals surface area contributed by atoms with Crippen molar-refractivity contribution in [2.45, 2.75) is 26.6 Å². The van der Waals surface area contributed by atoms with Crippen molar-refractivity contribution in [1.82, 2.24) is 0 Å². The number of hydrogen-bond acceptors (Lipinski definition) is 8. The van der Waals surface area contributed by atoms with Gasteiger partial charge in [-0.15, -0.1) is 0 Å². The molecular weight excluding hydrogens is 541 g/mol. The van der Waals surface area contributed by atoms with E-state index >= 15 is 0 Å². The predicted octanol–water partition coefficient (Wildman–Crippen LogP) is 6.99. The van der Waals surface area contributed by atoms with E-state index in [-0.39, 0.29) is 17.9 Å². The van der Waals surface area contributed by atoms with E-state index in [0.717, 1.165) is 12.1 Å². The minimum absolute atomic E-state index is 0.0351. The highest BCUT2D eigenvalue weighted by molar-refractivity contribution is 6.47. The third-order valence-electron chi connectivity index (χ3n) is 5.54. The smallest absolute Gasteiger partial charge is 0.416 e. The molecule has 0 aliphatic carbocycles. The van der Waals surface area contributed by atoms with Crippen molar-refractivity contribution in [1.29, 1.82) is 0 Å². The molecule has 0 saturated carbocycles. The Kier molecular flexibility index (Phi) is 10.9. The standard InChI is InChI=1S/C30H29F3N2O6/c1-5-39-35-28(21-10-14-24(15-11-21)41-25-16-12-23(13-17-25)30(31,32)33)20(2)34-40-18-22-8-6-7-9-26(22)27(19-37-3)29(36)38-4/h6-17,19H,5,18H2,1-4H3. The minimum Gasteiger partial charge on any atom is -0.503 e. The molecule has 3 aromatic rings. The monoisotopic (exact) mass is 570 g/mol. The second-order valence-corrected chi connectivity index (χ2v) is 8.37. The number of nitrogens with zero attached hydrogens (tertiary/aromatic N) is 2. The Morgan fingerprint density at radius 3 is 2.10 bits per heavy atom. The molecule has 11 heteroatoms. The molecule has 0 aliphatic heterocycles. The first-order valence-corrected chi connectivity index (χ1v) is 12.4. The number of halogens is 3. The number of ether oxygens (including phenoxy) is 3. The van der Waals surface area contributed by atoms with Gasteiger partial charge in [0.2, 0.25) is 0 Å². The molecule has 0 atom stereocenters. The number of methoxy groups -OCH3 is 2. The van der Waals surface area contributed by atoms with Gasteiger partial charge in [0.25, 0.3) is 0 Å². The van der Waals surface area contributed by atoms with Crippen LogP contribution in [0.2, 0.25) is 0 Å². The van der Waals surface area contributed by atoms with Crippen molar-refractivity contribution < 1.29 is 41.9 Å². The van der Waals surface area contributed by atoms with Crippen molar-refractivity contribution in [3.8, 4) is 11.5 Å². The minimum atomic E-state index is -4.42. The number of esters is 1. The van der Waals surface area contributed by atoms with E-state index in [4.69, 9.17) is 23.9 Å². The third kappa shape index (κ3) is 8.59. The van der Waals surface area contributed by atoms with Gasteiger partial charge in [-0.25, -0.2) is 4.79 Å². The highest BCUT2D eigenvalue weighted by Crippen LogP contribution is 2.31. The lowest BCUT2D eigenvalue weighted by atomic mass is 10.0. The molecule has 0 aliphatic rings. The molecule has 0 amide bonds. The Balaban J connectivity index is 1.75. The van der Waals surface area contributed by atoms with Gasteiger partial charge in [-0.2, -0.15) is 13.2 Å². The Morgan fingerprint density at radius 2 is 1.51 bits per heavy atom. The van der Waals surface area contributed by atoms with Crippen LogP contribution in [0.5, 0.6) is 11.5 Å². The van der Waals surface area contributed by atoms with E-state index in [1.165, 1.54) is 32.6 Å². The van der Waals surface area contributed by atoms with Gasteiger partial charge < -0.3 is 23.9 Å². The van der Waals surface area contributed by atoms with Crippen LogP contribution in [0, 0.1) is 0 Å². The van der Waals surface area contributed by atoms with Crippen molar-refractivity contribution in [3.63, 3.8) is 0 Å². The van der Waals surface area contributed by atoms with E-state index < -0.39 is 17.7 Å². The zero-order valence-electron chi connectivity index (χ0n) is 22.9. The van der Waals surface area contributed by atoms with E-state index in [1.54, 1.807) is 62.4 Å². The predicted molar refractivity (Wildman–Crippen MR) is 147 cm³/mol. The fourth-order valence-corrected chi connectivity index (χ4v) is 3.59. The third-order valence-corrected chi connectivity index (χ3v) is 5.54. The SMILES string of the molecule is CCON=C(C(C)=NOCc1ccccc1C(=COC)C(=O)OC)c1ccc(Oc2ccc(C(F)(F)F)cc2)cc1. The van der Waals surface area contributed by atoms with Crippen molar-refractivity contribution in [3.05, 3.63) is 101 Å². The van der Waals surface area contributed by atoms with E-state index in [1.807, 2.05) is 0 Å². The van der Waals surface area contributed by atoms with Crippen LogP contribution < -0.4 is 4.74 Å². The normalized spacial score (nSPS) is 12.5. The Hall–Kier alpha value is -4.80. The van der Waals surface area contributed by atoms with Crippen LogP contribution >= 0.6 is 0 Å². The van der Waals surface area contributed by atoms with Crippen LogP contribution in [-0.4, -0.2) is 38.2 Å². The first kappa shape index (κ1) is 30.7. The lowest BCUT2D eigenvalue weighted by Crippen LogP contribution is -2.14. The first-order chi connectivity index (χ1) is 19.7. The number of alkyl halides is 3. The molecule has 0 unspecified atom stereocenters. The molecule has 0 heterocycles. The Labute approximate surface area is 235 Å². The zero-order valence-corrected chi connectivity index (χ0v) is 22.9. The zero-order chi connectivity index (χ0) is 29.8. The van der Waals surface area contributed by atoms with Gasteiger partial charge in [-0.3, -0.25) is 0 Å². The van der Waals surface area contributed by atoms with Crippen molar-refractivity contribution in [2.75, 3.05) is 20.8 Å². The molecule has 216 valence electrons. The number of carbonyl (C=O) groups is 1. The van der Waals surface area contributed by atoms with Crippen LogP contribution in [0.25, 0.3) is 5.57 Å². The molecule has 0 saturated heterocycles.